The Morgan fingerprint density at radius 3 is 3.00 bits per heavy atom. The van der Waals surface area contributed by atoms with Crippen molar-refractivity contribution in [3.63, 3.8) is 0 Å². The molecule has 1 aliphatic heterocycles. The number of thiazole rings is 1. The van der Waals surface area contributed by atoms with Gasteiger partial charge in [-0.25, -0.2) is 4.98 Å². The minimum Gasteiger partial charge on any atom is -0.491 e. The van der Waals surface area contributed by atoms with Crippen LogP contribution in [0.15, 0.2) is 48.5 Å². The summed E-state index contributed by atoms with van der Waals surface area (Å²) in [7, 11) is 1.80. The molecule has 1 atom stereocenters. The van der Waals surface area contributed by atoms with Gasteiger partial charge in [-0.1, -0.05) is 18.2 Å². The molecule has 1 aromatic heterocycles. The zero-order chi connectivity index (χ0) is 18.6. The van der Waals surface area contributed by atoms with Crippen molar-refractivity contribution in [2.45, 2.75) is 25.5 Å². The molecule has 4 rings (SSSR count). The van der Waals surface area contributed by atoms with E-state index >= 15 is 0 Å². The summed E-state index contributed by atoms with van der Waals surface area (Å²) in [4.78, 5) is 19.1. The topological polar surface area (TPSA) is 51.7 Å². The maximum Gasteiger partial charge on any atom is 0.254 e. The van der Waals surface area contributed by atoms with E-state index in [4.69, 9.17) is 9.47 Å². The highest BCUT2D eigenvalue weighted by molar-refractivity contribution is 7.18. The Morgan fingerprint density at radius 1 is 1.30 bits per heavy atom. The second kappa shape index (κ2) is 8.06. The van der Waals surface area contributed by atoms with E-state index in [0.717, 1.165) is 34.7 Å². The van der Waals surface area contributed by atoms with Gasteiger partial charge >= 0.3 is 0 Å². The Morgan fingerprint density at radius 2 is 2.19 bits per heavy atom. The first-order chi connectivity index (χ1) is 13.2. The average Bonchev–Trinajstić information content (AvgIpc) is 3.35. The third-order valence-electron chi connectivity index (χ3n) is 4.60. The number of ether oxygens (including phenoxy) is 2. The van der Waals surface area contributed by atoms with Crippen molar-refractivity contribution < 1.29 is 14.3 Å². The van der Waals surface area contributed by atoms with Gasteiger partial charge < -0.3 is 14.4 Å². The van der Waals surface area contributed by atoms with Crippen molar-refractivity contribution in [3.05, 3.63) is 59.1 Å². The molecule has 2 heterocycles. The molecule has 5 nitrogen and oxygen atoms in total. The van der Waals surface area contributed by atoms with E-state index in [9.17, 15) is 4.79 Å². The van der Waals surface area contributed by atoms with Crippen molar-refractivity contribution >= 4 is 27.5 Å². The van der Waals surface area contributed by atoms with Crippen LogP contribution in [0.25, 0.3) is 10.2 Å². The molecule has 0 unspecified atom stereocenters. The van der Waals surface area contributed by atoms with Gasteiger partial charge in [0.05, 0.1) is 22.9 Å². The van der Waals surface area contributed by atoms with Gasteiger partial charge in [-0.05, 0) is 43.2 Å². The number of amides is 1. The molecule has 0 aliphatic carbocycles. The van der Waals surface area contributed by atoms with Crippen LogP contribution in [0.2, 0.25) is 0 Å². The SMILES string of the molecule is CN(Cc1nc2ccccc2s1)C(=O)c1cccc(OC[C@@H]2CCCO2)c1. The second-order valence-corrected chi connectivity index (χ2v) is 7.83. The molecular formula is C21H22N2O3S. The molecule has 1 amide bonds. The number of rotatable bonds is 6. The lowest BCUT2D eigenvalue weighted by Gasteiger charge is -2.17. The summed E-state index contributed by atoms with van der Waals surface area (Å²) in [6.07, 6.45) is 2.28. The van der Waals surface area contributed by atoms with Crippen molar-refractivity contribution in [2.75, 3.05) is 20.3 Å². The number of nitrogens with zero attached hydrogens (tertiary/aromatic N) is 2. The van der Waals surface area contributed by atoms with E-state index in [2.05, 4.69) is 4.98 Å². The lowest BCUT2D eigenvalue weighted by atomic mass is 10.2. The van der Waals surface area contributed by atoms with Gasteiger partial charge in [0.15, 0.2) is 0 Å². The summed E-state index contributed by atoms with van der Waals surface area (Å²) in [5.41, 5.74) is 1.59. The Hall–Kier alpha value is -2.44. The lowest BCUT2D eigenvalue weighted by Crippen LogP contribution is -2.26. The van der Waals surface area contributed by atoms with Crippen LogP contribution in [0.1, 0.15) is 28.2 Å². The summed E-state index contributed by atoms with van der Waals surface area (Å²) in [5.74, 6) is 0.654. The van der Waals surface area contributed by atoms with Gasteiger partial charge in [-0.2, -0.15) is 0 Å². The van der Waals surface area contributed by atoms with E-state index in [1.54, 1.807) is 29.4 Å². The van der Waals surface area contributed by atoms with E-state index in [1.165, 1.54) is 0 Å². The summed E-state index contributed by atoms with van der Waals surface area (Å²) in [6.45, 7) is 1.82. The molecule has 27 heavy (non-hydrogen) atoms. The third-order valence-corrected chi connectivity index (χ3v) is 5.62. The number of aromatic nitrogens is 1. The highest BCUT2D eigenvalue weighted by atomic mass is 32.1. The van der Waals surface area contributed by atoms with Crippen molar-refractivity contribution in [3.8, 4) is 5.75 Å². The highest BCUT2D eigenvalue weighted by Crippen LogP contribution is 2.23. The molecule has 3 aromatic rings. The van der Waals surface area contributed by atoms with Gasteiger partial charge in [0.2, 0.25) is 0 Å². The van der Waals surface area contributed by atoms with Crippen LogP contribution in [0.4, 0.5) is 0 Å². The predicted molar refractivity (Wildman–Crippen MR) is 106 cm³/mol. The van der Waals surface area contributed by atoms with Gasteiger partial charge in [0, 0.05) is 19.2 Å². The predicted octanol–water partition coefficient (Wildman–Crippen LogP) is 4.13. The summed E-state index contributed by atoms with van der Waals surface area (Å²) in [6, 6.07) is 15.4. The normalized spacial score (nSPS) is 16.6. The fourth-order valence-corrected chi connectivity index (χ4v) is 4.19. The van der Waals surface area contributed by atoms with E-state index in [0.29, 0.717) is 24.5 Å². The molecule has 0 radical (unpaired) electrons. The molecular weight excluding hydrogens is 360 g/mol. The smallest absolute Gasteiger partial charge is 0.254 e. The van der Waals surface area contributed by atoms with Crippen LogP contribution in [0, 0.1) is 0 Å². The van der Waals surface area contributed by atoms with E-state index in [1.807, 2.05) is 42.5 Å². The van der Waals surface area contributed by atoms with E-state index < -0.39 is 0 Å². The molecule has 1 saturated heterocycles. The molecule has 1 aliphatic rings. The minimum absolute atomic E-state index is 0.0446. The number of carbonyl (C=O) groups is 1. The molecule has 0 N–H and O–H groups in total. The first-order valence-corrected chi connectivity index (χ1v) is 9.95. The maximum atomic E-state index is 12.8. The monoisotopic (exact) mass is 382 g/mol. The fourth-order valence-electron chi connectivity index (χ4n) is 3.17. The summed E-state index contributed by atoms with van der Waals surface area (Å²) in [5, 5.41) is 0.929. The Bertz CT molecular complexity index is 901. The first-order valence-electron chi connectivity index (χ1n) is 9.13. The largest absolute Gasteiger partial charge is 0.491 e. The average molecular weight is 382 g/mol. The Kier molecular flexibility index (Phi) is 5.36. The van der Waals surface area contributed by atoms with Crippen LogP contribution in [0.3, 0.4) is 0 Å². The zero-order valence-corrected chi connectivity index (χ0v) is 16.1. The standard InChI is InChI=1S/C21H22N2O3S/c1-23(13-20-22-18-9-2-3-10-19(18)27-20)21(24)15-6-4-7-16(12-15)26-14-17-8-5-11-25-17/h2-4,6-7,9-10,12,17H,5,8,11,13-14H2,1H3/t17-/m0/s1. The molecule has 1 fully saturated rings. The van der Waals surface area contributed by atoms with Gasteiger partial charge in [0.25, 0.3) is 5.91 Å². The van der Waals surface area contributed by atoms with Gasteiger partial charge in [-0.3, -0.25) is 4.79 Å². The number of fused-ring (bicyclic) bond motifs is 1. The molecule has 0 bridgehead atoms. The molecule has 2 aromatic carbocycles. The van der Waals surface area contributed by atoms with Crippen LogP contribution < -0.4 is 4.74 Å². The number of carbonyl (C=O) groups excluding carboxylic acids is 1. The van der Waals surface area contributed by atoms with Crippen LogP contribution in [-0.2, 0) is 11.3 Å². The van der Waals surface area contributed by atoms with Gasteiger partial charge in [0.1, 0.15) is 17.4 Å². The number of hydrogen-bond donors (Lipinski definition) is 0. The molecule has 6 heteroatoms. The fraction of sp³-hybridized carbons (Fsp3) is 0.333. The molecule has 0 spiro atoms. The second-order valence-electron chi connectivity index (χ2n) is 6.71. The zero-order valence-electron chi connectivity index (χ0n) is 15.3. The van der Waals surface area contributed by atoms with Crippen molar-refractivity contribution in [1.82, 2.24) is 9.88 Å². The van der Waals surface area contributed by atoms with Crippen LogP contribution in [0.5, 0.6) is 5.75 Å². The lowest BCUT2D eigenvalue weighted by molar-refractivity contribution is 0.0678. The van der Waals surface area contributed by atoms with Crippen LogP contribution >= 0.6 is 11.3 Å². The minimum atomic E-state index is -0.0446. The summed E-state index contributed by atoms with van der Waals surface area (Å²) >= 11 is 1.62. The first kappa shape index (κ1) is 17.9. The van der Waals surface area contributed by atoms with Gasteiger partial charge in [-0.15, -0.1) is 11.3 Å². The van der Waals surface area contributed by atoms with Crippen LogP contribution in [-0.4, -0.2) is 42.2 Å². The number of hydrogen-bond acceptors (Lipinski definition) is 5. The highest BCUT2D eigenvalue weighted by Gasteiger charge is 2.17. The molecule has 0 saturated carbocycles. The number of benzene rings is 2. The Balaban J connectivity index is 1.40. The quantitative estimate of drug-likeness (QED) is 0.643. The maximum absolute atomic E-state index is 12.8. The van der Waals surface area contributed by atoms with Crippen molar-refractivity contribution in [2.24, 2.45) is 0 Å². The number of para-hydroxylation sites is 1. The van der Waals surface area contributed by atoms with E-state index in [-0.39, 0.29) is 12.0 Å². The Labute approximate surface area is 162 Å². The molecule has 140 valence electrons. The summed E-state index contributed by atoms with van der Waals surface area (Å²) < 4.78 is 12.5. The third kappa shape index (κ3) is 4.28. The van der Waals surface area contributed by atoms with Crippen molar-refractivity contribution in [1.29, 1.82) is 0 Å².